The molecule has 0 aliphatic carbocycles. The summed E-state index contributed by atoms with van der Waals surface area (Å²) in [6, 6.07) is 7.94. The van der Waals surface area contributed by atoms with Crippen molar-refractivity contribution in [3.8, 4) is 0 Å². The maximum absolute atomic E-state index is 11.7. The quantitative estimate of drug-likeness (QED) is 0.875. The van der Waals surface area contributed by atoms with Gasteiger partial charge in [-0.2, -0.15) is 0 Å². The molecule has 2 atom stereocenters. The number of halogens is 1. The third-order valence-electron chi connectivity index (χ3n) is 2.47. The normalized spacial score (nSPS) is 14.1. The topological polar surface area (TPSA) is 49.3 Å². The summed E-state index contributed by atoms with van der Waals surface area (Å²) in [6.07, 6.45) is 0.206. The van der Waals surface area contributed by atoms with Gasteiger partial charge in [0.1, 0.15) is 0 Å². The standard InChI is InChI=1S/C13H18BrNO2/c1-9(13(17)15-8-10(2)16)7-11-3-5-12(14)6-4-11/h3-6,9-10,16H,7-8H2,1-2H3,(H,15,17). The number of rotatable bonds is 5. The maximum Gasteiger partial charge on any atom is 0.223 e. The van der Waals surface area contributed by atoms with Gasteiger partial charge in [-0.25, -0.2) is 0 Å². The Labute approximate surface area is 110 Å². The maximum atomic E-state index is 11.7. The number of amides is 1. The predicted octanol–water partition coefficient (Wildman–Crippen LogP) is 2.12. The van der Waals surface area contributed by atoms with Crippen LogP contribution in [0.15, 0.2) is 28.7 Å². The summed E-state index contributed by atoms with van der Waals surface area (Å²) in [5.74, 6) is -0.108. The van der Waals surface area contributed by atoms with Crippen LogP contribution in [0.1, 0.15) is 19.4 Å². The van der Waals surface area contributed by atoms with Gasteiger partial charge in [-0.1, -0.05) is 35.0 Å². The van der Waals surface area contributed by atoms with Crippen LogP contribution in [0.25, 0.3) is 0 Å². The third-order valence-corrected chi connectivity index (χ3v) is 3.00. The summed E-state index contributed by atoms with van der Waals surface area (Å²) < 4.78 is 1.03. The molecule has 0 heterocycles. The monoisotopic (exact) mass is 299 g/mol. The van der Waals surface area contributed by atoms with Crippen molar-refractivity contribution in [3.05, 3.63) is 34.3 Å². The van der Waals surface area contributed by atoms with Crippen molar-refractivity contribution < 1.29 is 9.90 Å². The molecule has 1 amide bonds. The summed E-state index contributed by atoms with van der Waals surface area (Å²) in [4.78, 5) is 11.7. The Morgan fingerprint density at radius 1 is 1.35 bits per heavy atom. The van der Waals surface area contributed by atoms with Gasteiger partial charge < -0.3 is 10.4 Å². The number of hydrogen-bond acceptors (Lipinski definition) is 2. The first-order chi connectivity index (χ1) is 7.99. The summed E-state index contributed by atoms with van der Waals surface area (Å²) in [5.41, 5.74) is 1.13. The van der Waals surface area contributed by atoms with Crippen molar-refractivity contribution in [3.63, 3.8) is 0 Å². The van der Waals surface area contributed by atoms with Crippen molar-refractivity contribution in [2.24, 2.45) is 5.92 Å². The lowest BCUT2D eigenvalue weighted by molar-refractivity contribution is -0.124. The Hall–Kier alpha value is -0.870. The summed E-state index contributed by atoms with van der Waals surface area (Å²) >= 11 is 3.37. The molecule has 2 N–H and O–H groups in total. The molecular weight excluding hydrogens is 282 g/mol. The first kappa shape index (κ1) is 14.2. The van der Waals surface area contributed by atoms with Crippen LogP contribution in [-0.2, 0) is 11.2 Å². The minimum absolute atomic E-state index is 0.0196. The molecule has 0 fully saturated rings. The second-order valence-electron chi connectivity index (χ2n) is 4.33. The van der Waals surface area contributed by atoms with Gasteiger partial charge in [0.15, 0.2) is 0 Å². The Kier molecular flexibility index (Phi) is 5.65. The molecule has 0 spiro atoms. The molecule has 2 unspecified atom stereocenters. The number of carbonyl (C=O) groups excluding carboxylic acids is 1. The fourth-order valence-electron chi connectivity index (χ4n) is 1.49. The first-order valence-electron chi connectivity index (χ1n) is 5.69. The first-order valence-corrected chi connectivity index (χ1v) is 6.48. The number of aliphatic hydroxyl groups is 1. The molecule has 1 rings (SSSR count). The SMILES string of the molecule is CC(O)CNC(=O)C(C)Cc1ccc(Br)cc1. The Morgan fingerprint density at radius 2 is 1.94 bits per heavy atom. The molecule has 0 bridgehead atoms. The van der Waals surface area contributed by atoms with Crippen molar-refractivity contribution in [1.82, 2.24) is 5.32 Å². The number of benzene rings is 1. The largest absolute Gasteiger partial charge is 0.392 e. The van der Waals surface area contributed by atoms with Crippen LogP contribution in [0, 0.1) is 5.92 Å². The molecule has 0 saturated carbocycles. The number of nitrogens with one attached hydrogen (secondary N) is 1. The minimum atomic E-state index is -0.501. The molecule has 0 aliphatic heterocycles. The van der Waals surface area contributed by atoms with Crippen LogP contribution in [0.3, 0.4) is 0 Å². The molecule has 0 saturated heterocycles. The third kappa shape index (κ3) is 5.33. The minimum Gasteiger partial charge on any atom is -0.392 e. The van der Waals surface area contributed by atoms with Gasteiger partial charge in [-0.05, 0) is 31.0 Å². The van der Waals surface area contributed by atoms with Crippen molar-refractivity contribution in [1.29, 1.82) is 0 Å². The molecule has 0 aliphatic rings. The molecule has 3 nitrogen and oxygen atoms in total. The average Bonchev–Trinajstić information content (AvgIpc) is 2.28. The van der Waals surface area contributed by atoms with Crippen molar-refractivity contribution in [2.75, 3.05) is 6.54 Å². The zero-order valence-electron chi connectivity index (χ0n) is 10.1. The molecule has 4 heteroatoms. The van der Waals surface area contributed by atoms with E-state index < -0.39 is 6.10 Å². The Bertz CT molecular complexity index is 362. The smallest absolute Gasteiger partial charge is 0.223 e. The van der Waals surface area contributed by atoms with Crippen LogP contribution in [0.5, 0.6) is 0 Å². The lowest BCUT2D eigenvalue weighted by Gasteiger charge is -2.13. The van der Waals surface area contributed by atoms with E-state index in [1.54, 1.807) is 6.92 Å². The van der Waals surface area contributed by atoms with Gasteiger partial charge in [0.25, 0.3) is 0 Å². The van der Waals surface area contributed by atoms with Gasteiger partial charge in [-0.15, -0.1) is 0 Å². The van der Waals surface area contributed by atoms with Gasteiger partial charge in [0.2, 0.25) is 5.91 Å². The highest BCUT2D eigenvalue weighted by Crippen LogP contribution is 2.13. The number of aliphatic hydroxyl groups excluding tert-OH is 1. The van der Waals surface area contributed by atoms with E-state index >= 15 is 0 Å². The lowest BCUT2D eigenvalue weighted by Crippen LogP contribution is -2.35. The summed E-state index contributed by atoms with van der Waals surface area (Å²) in [5, 5.41) is 11.8. The highest BCUT2D eigenvalue weighted by Gasteiger charge is 2.13. The summed E-state index contributed by atoms with van der Waals surface area (Å²) in [7, 11) is 0. The second kappa shape index (κ2) is 6.77. The zero-order chi connectivity index (χ0) is 12.8. The van der Waals surface area contributed by atoms with Crippen LogP contribution in [0.4, 0.5) is 0 Å². The Balaban J connectivity index is 2.45. The second-order valence-corrected chi connectivity index (χ2v) is 5.24. The van der Waals surface area contributed by atoms with Crippen LogP contribution in [0.2, 0.25) is 0 Å². The molecule has 17 heavy (non-hydrogen) atoms. The van der Waals surface area contributed by atoms with E-state index in [-0.39, 0.29) is 11.8 Å². The molecule has 0 aromatic heterocycles. The van der Waals surface area contributed by atoms with E-state index in [0.717, 1.165) is 10.0 Å². The Morgan fingerprint density at radius 3 is 2.47 bits per heavy atom. The van der Waals surface area contributed by atoms with Crippen molar-refractivity contribution >= 4 is 21.8 Å². The highest BCUT2D eigenvalue weighted by molar-refractivity contribution is 9.10. The molecule has 94 valence electrons. The van der Waals surface area contributed by atoms with Crippen LogP contribution < -0.4 is 5.32 Å². The van der Waals surface area contributed by atoms with E-state index in [2.05, 4.69) is 21.2 Å². The van der Waals surface area contributed by atoms with E-state index in [1.807, 2.05) is 31.2 Å². The van der Waals surface area contributed by atoms with Crippen molar-refractivity contribution in [2.45, 2.75) is 26.4 Å². The zero-order valence-corrected chi connectivity index (χ0v) is 11.7. The fourth-order valence-corrected chi connectivity index (χ4v) is 1.75. The van der Waals surface area contributed by atoms with E-state index in [1.165, 1.54) is 0 Å². The average molecular weight is 300 g/mol. The summed E-state index contributed by atoms with van der Waals surface area (Å²) in [6.45, 7) is 3.85. The number of carbonyl (C=O) groups is 1. The van der Waals surface area contributed by atoms with E-state index in [9.17, 15) is 4.79 Å². The molecule has 0 radical (unpaired) electrons. The highest BCUT2D eigenvalue weighted by atomic mass is 79.9. The van der Waals surface area contributed by atoms with Gasteiger partial charge >= 0.3 is 0 Å². The van der Waals surface area contributed by atoms with Crippen LogP contribution >= 0.6 is 15.9 Å². The van der Waals surface area contributed by atoms with Crippen LogP contribution in [-0.4, -0.2) is 23.7 Å². The number of hydrogen-bond donors (Lipinski definition) is 2. The fraction of sp³-hybridized carbons (Fsp3) is 0.462. The molecular formula is C13H18BrNO2. The van der Waals surface area contributed by atoms with Gasteiger partial charge in [0, 0.05) is 16.9 Å². The molecule has 1 aromatic rings. The van der Waals surface area contributed by atoms with E-state index in [0.29, 0.717) is 13.0 Å². The van der Waals surface area contributed by atoms with E-state index in [4.69, 9.17) is 5.11 Å². The predicted molar refractivity (Wildman–Crippen MR) is 71.7 cm³/mol. The lowest BCUT2D eigenvalue weighted by atomic mass is 10.0. The van der Waals surface area contributed by atoms with Gasteiger partial charge in [-0.3, -0.25) is 4.79 Å². The van der Waals surface area contributed by atoms with Gasteiger partial charge in [0.05, 0.1) is 6.10 Å². The molecule has 1 aromatic carbocycles.